The van der Waals surface area contributed by atoms with Crippen LogP contribution >= 0.6 is 0 Å². The minimum absolute atomic E-state index is 0.198. The molecule has 0 spiro atoms. The molecule has 3 heteroatoms. The summed E-state index contributed by atoms with van der Waals surface area (Å²) in [5, 5.41) is 3.24. The summed E-state index contributed by atoms with van der Waals surface area (Å²) in [5.74, 6) is 0.198. The third kappa shape index (κ3) is 4.34. The van der Waals surface area contributed by atoms with Gasteiger partial charge < -0.3 is 10.2 Å². The molecule has 0 aromatic rings. The van der Waals surface area contributed by atoms with Crippen LogP contribution < -0.4 is 5.32 Å². The molecule has 3 nitrogen and oxygen atoms in total. The van der Waals surface area contributed by atoms with Gasteiger partial charge in [-0.25, -0.2) is 0 Å². The standard InChI is InChI=1S/C7H14N2O.C2H6/c1-7(10)9-5-2-3-8-4-6-9;1-2/h8H,2-6H2,1H3;1-2H3. The van der Waals surface area contributed by atoms with Gasteiger partial charge in [-0.3, -0.25) is 4.79 Å². The van der Waals surface area contributed by atoms with Crippen LogP contribution in [-0.4, -0.2) is 37.0 Å². The fraction of sp³-hybridized carbons (Fsp3) is 0.889. The highest BCUT2D eigenvalue weighted by Crippen LogP contribution is 1.94. The molecular weight excluding hydrogens is 152 g/mol. The number of nitrogens with zero attached hydrogens (tertiary/aromatic N) is 1. The van der Waals surface area contributed by atoms with Crippen LogP contribution in [0.5, 0.6) is 0 Å². The predicted octanol–water partition coefficient (Wildman–Crippen LogP) is 0.854. The summed E-state index contributed by atoms with van der Waals surface area (Å²) >= 11 is 0. The Morgan fingerprint density at radius 1 is 1.25 bits per heavy atom. The van der Waals surface area contributed by atoms with Crippen molar-refractivity contribution in [2.24, 2.45) is 0 Å². The summed E-state index contributed by atoms with van der Waals surface area (Å²) in [6, 6.07) is 0. The molecule has 1 fully saturated rings. The average molecular weight is 172 g/mol. The maximum absolute atomic E-state index is 10.8. The van der Waals surface area contributed by atoms with Gasteiger partial charge in [-0.15, -0.1) is 0 Å². The lowest BCUT2D eigenvalue weighted by Gasteiger charge is -2.16. The van der Waals surface area contributed by atoms with Gasteiger partial charge in [0.15, 0.2) is 0 Å². The highest BCUT2D eigenvalue weighted by Gasteiger charge is 2.09. The molecule has 1 aliphatic rings. The number of nitrogens with one attached hydrogen (secondary N) is 1. The van der Waals surface area contributed by atoms with Crippen molar-refractivity contribution in [2.75, 3.05) is 26.2 Å². The Kier molecular flexibility index (Phi) is 6.76. The molecule has 0 aromatic heterocycles. The zero-order valence-corrected chi connectivity index (χ0v) is 8.39. The molecule has 1 amide bonds. The van der Waals surface area contributed by atoms with E-state index < -0.39 is 0 Å². The van der Waals surface area contributed by atoms with E-state index in [0.717, 1.165) is 32.6 Å². The van der Waals surface area contributed by atoms with Crippen LogP contribution in [0, 0.1) is 0 Å². The molecule has 1 heterocycles. The van der Waals surface area contributed by atoms with Crippen LogP contribution in [0.15, 0.2) is 0 Å². The summed E-state index contributed by atoms with van der Waals surface area (Å²) in [5.41, 5.74) is 0. The van der Waals surface area contributed by atoms with Gasteiger partial charge in [-0.05, 0) is 13.0 Å². The Morgan fingerprint density at radius 3 is 2.50 bits per heavy atom. The first kappa shape index (κ1) is 11.4. The molecule has 0 bridgehead atoms. The van der Waals surface area contributed by atoms with E-state index in [-0.39, 0.29) is 5.91 Å². The molecule has 1 rings (SSSR count). The SMILES string of the molecule is CC.CC(=O)N1CCCNCC1. The van der Waals surface area contributed by atoms with E-state index in [9.17, 15) is 4.79 Å². The average Bonchev–Trinajstić information content (AvgIpc) is 2.35. The van der Waals surface area contributed by atoms with Crippen molar-refractivity contribution in [3.8, 4) is 0 Å². The Labute approximate surface area is 75.1 Å². The van der Waals surface area contributed by atoms with E-state index in [1.807, 2.05) is 18.7 Å². The third-order valence-corrected chi connectivity index (χ3v) is 1.79. The second-order valence-corrected chi connectivity index (χ2v) is 2.61. The summed E-state index contributed by atoms with van der Waals surface area (Å²) in [6.07, 6.45) is 1.08. The first-order valence-corrected chi connectivity index (χ1v) is 4.77. The summed E-state index contributed by atoms with van der Waals surface area (Å²) < 4.78 is 0. The smallest absolute Gasteiger partial charge is 0.219 e. The zero-order chi connectivity index (χ0) is 9.40. The van der Waals surface area contributed by atoms with E-state index in [2.05, 4.69) is 5.32 Å². The van der Waals surface area contributed by atoms with Crippen molar-refractivity contribution in [3.63, 3.8) is 0 Å². The van der Waals surface area contributed by atoms with Crippen LogP contribution in [0.2, 0.25) is 0 Å². The molecule has 72 valence electrons. The van der Waals surface area contributed by atoms with E-state index >= 15 is 0 Å². The first-order chi connectivity index (χ1) is 5.80. The monoisotopic (exact) mass is 172 g/mol. The number of rotatable bonds is 0. The predicted molar refractivity (Wildman–Crippen MR) is 51.1 cm³/mol. The highest BCUT2D eigenvalue weighted by molar-refractivity contribution is 5.73. The quantitative estimate of drug-likeness (QED) is 0.587. The molecule has 0 atom stereocenters. The van der Waals surface area contributed by atoms with Crippen LogP contribution in [0.1, 0.15) is 27.2 Å². The minimum Gasteiger partial charge on any atom is -0.342 e. The Bertz CT molecular complexity index is 118. The molecule has 12 heavy (non-hydrogen) atoms. The van der Waals surface area contributed by atoms with Gasteiger partial charge in [-0.2, -0.15) is 0 Å². The summed E-state index contributed by atoms with van der Waals surface area (Å²) in [4.78, 5) is 12.7. The molecule has 1 saturated heterocycles. The number of carbonyl (C=O) groups excluding carboxylic acids is 1. The fourth-order valence-corrected chi connectivity index (χ4v) is 1.16. The van der Waals surface area contributed by atoms with Crippen molar-refractivity contribution in [2.45, 2.75) is 27.2 Å². The molecule has 0 aromatic carbocycles. The topological polar surface area (TPSA) is 32.3 Å². The van der Waals surface area contributed by atoms with Gasteiger partial charge in [0.05, 0.1) is 0 Å². The number of amides is 1. The van der Waals surface area contributed by atoms with Crippen molar-refractivity contribution < 1.29 is 4.79 Å². The number of carbonyl (C=O) groups is 1. The summed E-state index contributed by atoms with van der Waals surface area (Å²) in [6.45, 7) is 9.41. The van der Waals surface area contributed by atoms with Gasteiger partial charge >= 0.3 is 0 Å². The first-order valence-electron chi connectivity index (χ1n) is 4.77. The van der Waals surface area contributed by atoms with E-state index in [1.165, 1.54) is 0 Å². The van der Waals surface area contributed by atoms with Crippen LogP contribution in [0.3, 0.4) is 0 Å². The van der Waals surface area contributed by atoms with Crippen molar-refractivity contribution in [1.82, 2.24) is 10.2 Å². The van der Waals surface area contributed by atoms with Crippen molar-refractivity contribution >= 4 is 5.91 Å². The van der Waals surface area contributed by atoms with Gasteiger partial charge in [0.2, 0.25) is 5.91 Å². The van der Waals surface area contributed by atoms with Gasteiger partial charge in [0, 0.05) is 26.6 Å². The van der Waals surface area contributed by atoms with Crippen LogP contribution in [0.4, 0.5) is 0 Å². The third-order valence-electron chi connectivity index (χ3n) is 1.79. The van der Waals surface area contributed by atoms with E-state index in [1.54, 1.807) is 6.92 Å². The number of hydrogen-bond acceptors (Lipinski definition) is 2. The minimum atomic E-state index is 0.198. The second kappa shape index (κ2) is 7.10. The summed E-state index contributed by atoms with van der Waals surface area (Å²) in [7, 11) is 0. The molecule has 0 radical (unpaired) electrons. The van der Waals surface area contributed by atoms with Gasteiger partial charge in [-0.1, -0.05) is 13.8 Å². The zero-order valence-electron chi connectivity index (χ0n) is 8.39. The normalized spacial score (nSPS) is 17.4. The largest absolute Gasteiger partial charge is 0.342 e. The van der Waals surface area contributed by atoms with Crippen molar-refractivity contribution in [3.05, 3.63) is 0 Å². The molecular formula is C9H20N2O. The van der Waals surface area contributed by atoms with Gasteiger partial charge in [0.25, 0.3) is 0 Å². The fourth-order valence-electron chi connectivity index (χ4n) is 1.16. The molecule has 0 aliphatic carbocycles. The highest BCUT2D eigenvalue weighted by atomic mass is 16.2. The molecule has 0 saturated carbocycles. The lowest BCUT2D eigenvalue weighted by Crippen LogP contribution is -2.32. The van der Waals surface area contributed by atoms with Crippen LogP contribution in [0.25, 0.3) is 0 Å². The Hall–Kier alpha value is -0.570. The second-order valence-electron chi connectivity index (χ2n) is 2.61. The van der Waals surface area contributed by atoms with Crippen LogP contribution in [-0.2, 0) is 4.79 Å². The van der Waals surface area contributed by atoms with E-state index in [4.69, 9.17) is 0 Å². The maximum Gasteiger partial charge on any atom is 0.219 e. The van der Waals surface area contributed by atoms with E-state index in [0.29, 0.717) is 0 Å². The Morgan fingerprint density at radius 2 is 1.92 bits per heavy atom. The lowest BCUT2D eigenvalue weighted by molar-refractivity contribution is -0.128. The molecule has 1 N–H and O–H groups in total. The van der Waals surface area contributed by atoms with Crippen molar-refractivity contribution in [1.29, 1.82) is 0 Å². The number of hydrogen-bond donors (Lipinski definition) is 1. The maximum atomic E-state index is 10.8. The molecule has 1 aliphatic heterocycles. The Balaban J connectivity index is 0.000000561. The molecule has 0 unspecified atom stereocenters. The van der Waals surface area contributed by atoms with Gasteiger partial charge in [0.1, 0.15) is 0 Å². The lowest BCUT2D eigenvalue weighted by atomic mass is 10.4.